The molecule has 1 saturated heterocycles. The van der Waals surface area contributed by atoms with Gasteiger partial charge in [-0.15, -0.1) is 11.3 Å². The lowest BCUT2D eigenvalue weighted by Gasteiger charge is -2.34. The Kier molecular flexibility index (Phi) is 8.14. The van der Waals surface area contributed by atoms with Gasteiger partial charge in [0.1, 0.15) is 12.4 Å². The first-order valence-corrected chi connectivity index (χ1v) is 10.6. The fourth-order valence-electron chi connectivity index (χ4n) is 3.20. The Bertz CT molecular complexity index is 729. The number of ether oxygens (including phenoxy) is 2. The van der Waals surface area contributed by atoms with Gasteiger partial charge in [-0.25, -0.2) is 0 Å². The number of nitrogens with zero attached hydrogens (tertiary/aromatic N) is 2. The number of rotatable bonds is 8. The Hall–Kier alpha value is -2.09. The Morgan fingerprint density at radius 3 is 2.64 bits per heavy atom. The Balaban J connectivity index is 1.49. The second kappa shape index (κ2) is 11.0. The molecule has 2 aromatic rings. The molecule has 1 aromatic heterocycles. The van der Waals surface area contributed by atoms with Crippen LogP contribution in [-0.2, 0) is 4.74 Å². The molecule has 0 amide bonds. The highest BCUT2D eigenvalue weighted by Crippen LogP contribution is 2.27. The number of guanidine groups is 1. The van der Waals surface area contributed by atoms with Crippen molar-refractivity contribution in [3.05, 3.63) is 52.2 Å². The van der Waals surface area contributed by atoms with Gasteiger partial charge in [0, 0.05) is 36.4 Å². The highest BCUT2D eigenvalue weighted by atomic mass is 32.1. The van der Waals surface area contributed by atoms with Crippen LogP contribution < -0.4 is 15.4 Å². The molecule has 7 heteroatoms. The highest BCUT2D eigenvalue weighted by Gasteiger charge is 2.24. The van der Waals surface area contributed by atoms with Gasteiger partial charge < -0.3 is 20.1 Å². The van der Waals surface area contributed by atoms with Crippen molar-refractivity contribution in [2.24, 2.45) is 4.99 Å². The molecule has 1 fully saturated rings. The van der Waals surface area contributed by atoms with E-state index in [2.05, 4.69) is 39.6 Å². The van der Waals surface area contributed by atoms with Crippen LogP contribution in [0, 0.1) is 6.92 Å². The minimum atomic E-state index is 0.321. The summed E-state index contributed by atoms with van der Waals surface area (Å²) >= 11 is 1.87. The molecule has 1 aromatic carbocycles. The second-order valence-electron chi connectivity index (χ2n) is 6.65. The van der Waals surface area contributed by atoms with E-state index in [-0.39, 0.29) is 0 Å². The molecule has 2 heterocycles. The number of nitrogens with one attached hydrogen (secondary N) is 2. The number of benzene rings is 1. The number of hydrogen-bond acceptors (Lipinski definition) is 5. The first kappa shape index (κ1) is 20.6. The van der Waals surface area contributed by atoms with Crippen molar-refractivity contribution in [3.63, 3.8) is 0 Å². The first-order chi connectivity index (χ1) is 13.8. The van der Waals surface area contributed by atoms with E-state index in [1.807, 2.05) is 41.7 Å². The Morgan fingerprint density at radius 2 is 1.96 bits per heavy atom. The standard InChI is InChI=1S/C21H30N4O2S/c1-17-8-9-20(28-17)19(25-11-14-26-15-12-25)16-24-21(22-2)23-10-13-27-18-6-4-3-5-7-18/h3-9,19H,10-16H2,1-2H3,(H2,22,23,24). The second-order valence-corrected chi connectivity index (χ2v) is 7.97. The normalized spacial score (nSPS) is 16.6. The van der Waals surface area contributed by atoms with Crippen molar-refractivity contribution in [2.75, 3.05) is 53.0 Å². The minimum Gasteiger partial charge on any atom is -0.492 e. The van der Waals surface area contributed by atoms with Crippen molar-refractivity contribution < 1.29 is 9.47 Å². The van der Waals surface area contributed by atoms with Crippen molar-refractivity contribution >= 4 is 17.3 Å². The van der Waals surface area contributed by atoms with Crippen molar-refractivity contribution in [3.8, 4) is 5.75 Å². The smallest absolute Gasteiger partial charge is 0.191 e. The molecular formula is C21H30N4O2S. The molecular weight excluding hydrogens is 372 g/mol. The SMILES string of the molecule is CN=C(NCCOc1ccccc1)NCC(c1ccc(C)s1)N1CCOCC1. The lowest BCUT2D eigenvalue weighted by atomic mass is 10.2. The van der Waals surface area contributed by atoms with Crippen LogP contribution in [0.4, 0.5) is 0 Å². The van der Waals surface area contributed by atoms with Crippen LogP contribution in [0.25, 0.3) is 0 Å². The summed E-state index contributed by atoms with van der Waals surface area (Å²) in [5, 5.41) is 6.81. The summed E-state index contributed by atoms with van der Waals surface area (Å²) in [4.78, 5) is 9.57. The summed E-state index contributed by atoms with van der Waals surface area (Å²) in [7, 11) is 1.80. The molecule has 1 aliphatic rings. The lowest BCUT2D eigenvalue weighted by molar-refractivity contribution is 0.0177. The maximum absolute atomic E-state index is 5.73. The average Bonchev–Trinajstić information content (AvgIpc) is 3.17. The van der Waals surface area contributed by atoms with E-state index in [9.17, 15) is 0 Å². The summed E-state index contributed by atoms with van der Waals surface area (Å²) in [6, 6.07) is 14.6. The van der Waals surface area contributed by atoms with Crippen molar-refractivity contribution in [2.45, 2.75) is 13.0 Å². The van der Waals surface area contributed by atoms with Crippen LogP contribution in [-0.4, -0.2) is 63.9 Å². The summed E-state index contributed by atoms with van der Waals surface area (Å²) in [6.07, 6.45) is 0. The molecule has 0 radical (unpaired) electrons. The quantitative estimate of drug-likeness (QED) is 0.404. The number of aryl methyl sites for hydroxylation is 1. The predicted molar refractivity (Wildman–Crippen MR) is 115 cm³/mol. The fourth-order valence-corrected chi connectivity index (χ4v) is 4.21. The van der Waals surface area contributed by atoms with Crippen LogP contribution in [0.5, 0.6) is 5.75 Å². The third-order valence-corrected chi connectivity index (χ3v) is 5.77. The fraction of sp³-hybridized carbons (Fsp3) is 0.476. The maximum atomic E-state index is 5.73. The van der Waals surface area contributed by atoms with E-state index in [0.717, 1.165) is 44.6 Å². The zero-order valence-electron chi connectivity index (χ0n) is 16.7. The van der Waals surface area contributed by atoms with Crippen molar-refractivity contribution in [1.29, 1.82) is 0 Å². The molecule has 0 bridgehead atoms. The number of thiophene rings is 1. The van der Waals surface area contributed by atoms with Crippen LogP contribution in [0.3, 0.4) is 0 Å². The molecule has 28 heavy (non-hydrogen) atoms. The Labute approximate surface area is 171 Å². The van der Waals surface area contributed by atoms with E-state index in [1.165, 1.54) is 9.75 Å². The molecule has 0 aliphatic carbocycles. The van der Waals surface area contributed by atoms with Gasteiger partial charge >= 0.3 is 0 Å². The van der Waals surface area contributed by atoms with Gasteiger partial charge in [-0.1, -0.05) is 18.2 Å². The predicted octanol–water partition coefficient (Wildman–Crippen LogP) is 2.67. The summed E-state index contributed by atoms with van der Waals surface area (Å²) < 4.78 is 11.3. The number of morpholine rings is 1. The maximum Gasteiger partial charge on any atom is 0.191 e. The van der Waals surface area contributed by atoms with Crippen LogP contribution >= 0.6 is 11.3 Å². The van der Waals surface area contributed by atoms with E-state index in [0.29, 0.717) is 19.2 Å². The molecule has 1 aliphatic heterocycles. The molecule has 2 N–H and O–H groups in total. The summed E-state index contributed by atoms with van der Waals surface area (Å²) in [5.74, 6) is 1.68. The van der Waals surface area contributed by atoms with Crippen LogP contribution in [0.15, 0.2) is 47.5 Å². The molecule has 6 nitrogen and oxygen atoms in total. The van der Waals surface area contributed by atoms with Gasteiger partial charge in [0.25, 0.3) is 0 Å². The molecule has 1 unspecified atom stereocenters. The molecule has 0 saturated carbocycles. The minimum absolute atomic E-state index is 0.321. The van der Waals surface area contributed by atoms with E-state index < -0.39 is 0 Å². The number of hydrogen-bond donors (Lipinski definition) is 2. The topological polar surface area (TPSA) is 58.1 Å². The van der Waals surface area contributed by atoms with E-state index >= 15 is 0 Å². The molecule has 152 valence electrons. The Morgan fingerprint density at radius 1 is 1.18 bits per heavy atom. The number of para-hydroxylation sites is 1. The monoisotopic (exact) mass is 402 g/mol. The largest absolute Gasteiger partial charge is 0.492 e. The molecule has 0 spiro atoms. The lowest BCUT2D eigenvalue weighted by Crippen LogP contribution is -2.46. The third-order valence-electron chi connectivity index (χ3n) is 4.67. The van der Waals surface area contributed by atoms with Crippen molar-refractivity contribution in [1.82, 2.24) is 15.5 Å². The van der Waals surface area contributed by atoms with Gasteiger partial charge in [-0.05, 0) is 31.2 Å². The van der Waals surface area contributed by atoms with Gasteiger partial charge in [0.15, 0.2) is 5.96 Å². The van der Waals surface area contributed by atoms with Gasteiger partial charge in [0.2, 0.25) is 0 Å². The third kappa shape index (κ3) is 6.22. The van der Waals surface area contributed by atoms with Crippen LogP contribution in [0.2, 0.25) is 0 Å². The van der Waals surface area contributed by atoms with E-state index in [1.54, 1.807) is 7.05 Å². The average molecular weight is 403 g/mol. The highest BCUT2D eigenvalue weighted by molar-refractivity contribution is 7.12. The van der Waals surface area contributed by atoms with Gasteiger partial charge in [0.05, 0.1) is 25.8 Å². The number of aliphatic imine (C=N–C) groups is 1. The van der Waals surface area contributed by atoms with Gasteiger partial charge in [-0.3, -0.25) is 9.89 Å². The zero-order chi connectivity index (χ0) is 19.6. The first-order valence-electron chi connectivity index (χ1n) is 9.77. The zero-order valence-corrected chi connectivity index (χ0v) is 17.5. The summed E-state index contributed by atoms with van der Waals surface area (Å²) in [5.41, 5.74) is 0. The summed E-state index contributed by atoms with van der Waals surface area (Å²) in [6.45, 7) is 7.75. The molecule has 3 rings (SSSR count). The molecule has 1 atom stereocenters. The van der Waals surface area contributed by atoms with Gasteiger partial charge in [-0.2, -0.15) is 0 Å². The van der Waals surface area contributed by atoms with E-state index in [4.69, 9.17) is 9.47 Å². The van der Waals surface area contributed by atoms with Crippen LogP contribution in [0.1, 0.15) is 15.8 Å².